The van der Waals surface area contributed by atoms with Crippen LogP contribution in [0.15, 0.2) is 34.8 Å². The number of halogens is 2. The summed E-state index contributed by atoms with van der Waals surface area (Å²) in [5, 5.41) is 3.98. The third-order valence-corrected chi connectivity index (χ3v) is 3.21. The van der Waals surface area contributed by atoms with Crippen LogP contribution in [0.1, 0.15) is 18.0 Å². The smallest absolute Gasteiger partial charge is 0.124 e. The maximum atomic E-state index is 5.85. The van der Waals surface area contributed by atoms with Crippen LogP contribution in [0, 0.1) is 0 Å². The maximum Gasteiger partial charge on any atom is 0.124 e. The molecular weight excluding hydrogens is 245 g/mol. The Balaban J connectivity index is 2.07. The summed E-state index contributed by atoms with van der Waals surface area (Å²) in [5.41, 5.74) is 2.58. The molecule has 16 heavy (non-hydrogen) atoms. The average molecular weight is 258 g/mol. The molecular formula is C12H13Cl2NO. The van der Waals surface area contributed by atoms with Crippen molar-refractivity contribution in [2.75, 3.05) is 13.2 Å². The fourth-order valence-corrected chi connectivity index (χ4v) is 1.97. The zero-order chi connectivity index (χ0) is 11.4. The Hall–Kier alpha value is -0.700. The van der Waals surface area contributed by atoms with Gasteiger partial charge >= 0.3 is 0 Å². The van der Waals surface area contributed by atoms with Gasteiger partial charge in [-0.05, 0) is 6.07 Å². The summed E-state index contributed by atoms with van der Waals surface area (Å²) in [4.78, 5) is 0. The fraction of sp³-hybridized carbons (Fsp3) is 0.333. The van der Waals surface area contributed by atoms with E-state index in [1.165, 1.54) is 11.1 Å². The van der Waals surface area contributed by atoms with Gasteiger partial charge in [-0.1, -0.05) is 41.4 Å². The molecule has 0 saturated carbocycles. The third-order valence-electron chi connectivity index (χ3n) is 2.59. The van der Waals surface area contributed by atoms with Crippen molar-refractivity contribution in [3.8, 4) is 5.75 Å². The molecule has 0 saturated heterocycles. The number of rotatable bonds is 3. The lowest BCUT2D eigenvalue weighted by molar-refractivity contribution is 0.255. The Kier molecular flexibility index (Phi) is 4.10. The average Bonchev–Trinajstić information content (AvgIpc) is 2.35. The molecule has 4 heteroatoms. The first-order valence-corrected chi connectivity index (χ1v) is 6.02. The van der Waals surface area contributed by atoms with Crippen molar-refractivity contribution in [1.82, 2.24) is 5.32 Å². The van der Waals surface area contributed by atoms with Crippen molar-refractivity contribution in [3.63, 3.8) is 0 Å². The van der Waals surface area contributed by atoms with E-state index in [0.29, 0.717) is 11.6 Å². The van der Waals surface area contributed by atoms with Crippen molar-refractivity contribution in [1.29, 1.82) is 0 Å². The predicted molar refractivity (Wildman–Crippen MR) is 67.1 cm³/mol. The van der Waals surface area contributed by atoms with Crippen LogP contribution in [0.5, 0.6) is 5.75 Å². The van der Waals surface area contributed by atoms with Gasteiger partial charge in [-0.3, -0.25) is 0 Å². The maximum absolute atomic E-state index is 5.85. The molecule has 1 unspecified atom stereocenters. The quantitative estimate of drug-likeness (QED) is 0.896. The molecule has 1 N–H and O–H groups in total. The van der Waals surface area contributed by atoms with Gasteiger partial charge in [0.1, 0.15) is 5.75 Å². The standard InChI is InChI=1S/C12H13Cl2NO/c13-7-9(14)8-15-11-5-6-16-12-4-2-1-3-10(11)12/h1-4,7,11,15H,5-6,8H2. The lowest BCUT2D eigenvalue weighted by atomic mass is 10.0. The number of benzene rings is 1. The van der Waals surface area contributed by atoms with Gasteiger partial charge in [-0.2, -0.15) is 0 Å². The van der Waals surface area contributed by atoms with E-state index in [0.717, 1.165) is 18.8 Å². The van der Waals surface area contributed by atoms with Gasteiger partial charge in [0.25, 0.3) is 0 Å². The molecule has 1 atom stereocenters. The number of fused-ring (bicyclic) bond motifs is 1. The molecule has 0 aromatic heterocycles. The molecule has 1 aliphatic rings. The van der Waals surface area contributed by atoms with E-state index in [9.17, 15) is 0 Å². The Bertz CT molecular complexity index is 392. The zero-order valence-corrected chi connectivity index (χ0v) is 10.3. The Labute approximate surface area is 105 Å². The second kappa shape index (κ2) is 5.58. The minimum Gasteiger partial charge on any atom is -0.493 e. The first-order chi connectivity index (χ1) is 7.81. The van der Waals surface area contributed by atoms with Crippen LogP contribution in [-0.2, 0) is 0 Å². The molecule has 86 valence electrons. The summed E-state index contributed by atoms with van der Waals surface area (Å²) < 4.78 is 5.57. The highest BCUT2D eigenvalue weighted by molar-refractivity contribution is 6.36. The minimum absolute atomic E-state index is 0.287. The summed E-state index contributed by atoms with van der Waals surface area (Å²) in [5.74, 6) is 0.956. The zero-order valence-electron chi connectivity index (χ0n) is 8.75. The minimum atomic E-state index is 0.287. The van der Waals surface area contributed by atoms with E-state index in [1.54, 1.807) is 0 Å². The second-order valence-electron chi connectivity index (χ2n) is 3.66. The lowest BCUT2D eigenvalue weighted by Gasteiger charge is -2.26. The fourth-order valence-electron chi connectivity index (χ4n) is 1.81. The summed E-state index contributed by atoms with van der Waals surface area (Å²) >= 11 is 11.4. The third kappa shape index (κ3) is 2.70. The molecule has 2 rings (SSSR count). The van der Waals surface area contributed by atoms with Gasteiger partial charge in [0.15, 0.2) is 0 Å². The number of nitrogens with one attached hydrogen (secondary N) is 1. The van der Waals surface area contributed by atoms with Crippen molar-refractivity contribution in [2.24, 2.45) is 0 Å². The van der Waals surface area contributed by atoms with Gasteiger partial charge in [0.05, 0.1) is 6.61 Å². The van der Waals surface area contributed by atoms with Crippen LogP contribution in [0.3, 0.4) is 0 Å². The van der Waals surface area contributed by atoms with Crippen LogP contribution in [0.2, 0.25) is 0 Å². The van der Waals surface area contributed by atoms with E-state index >= 15 is 0 Å². The van der Waals surface area contributed by atoms with E-state index in [4.69, 9.17) is 27.9 Å². The van der Waals surface area contributed by atoms with E-state index < -0.39 is 0 Å². The molecule has 0 radical (unpaired) electrons. The molecule has 0 amide bonds. The highest BCUT2D eigenvalue weighted by Crippen LogP contribution is 2.31. The van der Waals surface area contributed by atoms with Gasteiger partial charge in [-0.15, -0.1) is 0 Å². The van der Waals surface area contributed by atoms with E-state index in [2.05, 4.69) is 11.4 Å². The molecule has 1 aliphatic heterocycles. The van der Waals surface area contributed by atoms with Crippen LogP contribution in [0.4, 0.5) is 0 Å². The lowest BCUT2D eigenvalue weighted by Crippen LogP contribution is -2.27. The normalized spacial score (nSPS) is 20.1. The van der Waals surface area contributed by atoms with Gasteiger partial charge in [0, 0.05) is 35.1 Å². The molecule has 1 aromatic rings. The highest BCUT2D eigenvalue weighted by Gasteiger charge is 2.20. The highest BCUT2D eigenvalue weighted by atomic mass is 35.5. The molecule has 1 aromatic carbocycles. The van der Waals surface area contributed by atoms with Crippen molar-refractivity contribution in [2.45, 2.75) is 12.5 Å². The molecule has 0 fully saturated rings. The number of hydrogen-bond acceptors (Lipinski definition) is 2. The summed E-state index contributed by atoms with van der Waals surface area (Å²) in [6.45, 7) is 1.32. The second-order valence-corrected chi connectivity index (χ2v) is 4.37. The molecule has 2 nitrogen and oxygen atoms in total. The van der Waals surface area contributed by atoms with Gasteiger partial charge < -0.3 is 10.1 Å². The van der Waals surface area contributed by atoms with Crippen molar-refractivity contribution in [3.05, 3.63) is 40.4 Å². The van der Waals surface area contributed by atoms with Crippen LogP contribution in [0.25, 0.3) is 0 Å². The summed E-state index contributed by atoms with van der Waals surface area (Å²) in [7, 11) is 0. The SMILES string of the molecule is ClC=C(Cl)CNC1CCOc2ccccc21. The van der Waals surface area contributed by atoms with Gasteiger partial charge in [-0.25, -0.2) is 0 Å². The van der Waals surface area contributed by atoms with Crippen LogP contribution >= 0.6 is 23.2 Å². The first-order valence-electron chi connectivity index (χ1n) is 5.21. The summed E-state index contributed by atoms with van der Waals surface area (Å²) in [6.07, 6.45) is 0.948. The number of para-hydroxylation sites is 1. The molecule has 0 spiro atoms. The van der Waals surface area contributed by atoms with Crippen LogP contribution in [-0.4, -0.2) is 13.2 Å². The monoisotopic (exact) mass is 257 g/mol. The predicted octanol–water partition coefficient (Wildman–Crippen LogP) is 3.42. The summed E-state index contributed by atoms with van der Waals surface area (Å²) in [6, 6.07) is 8.34. The Morgan fingerprint density at radius 2 is 2.31 bits per heavy atom. The topological polar surface area (TPSA) is 21.3 Å². The Morgan fingerprint density at radius 1 is 1.50 bits per heavy atom. The Morgan fingerprint density at radius 3 is 3.12 bits per heavy atom. The molecule has 0 bridgehead atoms. The molecule has 1 heterocycles. The van der Waals surface area contributed by atoms with Crippen LogP contribution < -0.4 is 10.1 Å². The number of ether oxygens (including phenoxy) is 1. The van der Waals surface area contributed by atoms with Crippen molar-refractivity contribution >= 4 is 23.2 Å². The first kappa shape index (κ1) is 11.8. The van der Waals surface area contributed by atoms with Gasteiger partial charge in [0.2, 0.25) is 0 Å². The van der Waals surface area contributed by atoms with E-state index in [-0.39, 0.29) is 6.04 Å². The van der Waals surface area contributed by atoms with E-state index in [1.807, 2.05) is 18.2 Å². The molecule has 0 aliphatic carbocycles. The largest absolute Gasteiger partial charge is 0.493 e. The number of hydrogen-bond donors (Lipinski definition) is 1. The van der Waals surface area contributed by atoms with Crippen molar-refractivity contribution < 1.29 is 4.74 Å².